The molecule has 180 valence electrons. The molecule has 1 saturated heterocycles. The monoisotopic (exact) mass is 565 g/mol. The number of guanidine groups is 1. The Hall–Kier alpha value is -1.69. The van der Waals surface area contributed by atoms with E-state index in [-0.39, 0.29) is 42.3 Å². The maximum atomic E-state index is 13.6. The first kappa shape index (κ1) is 26.6. The molecule has 0 atom stereocenters. The zero-order valence-corrected chi connectivity index (χ0v) is 20.9. The molecule has 1 aromatic carbocycles. The minimum absolute atomic E-state index is 0. The molecule has 1 saturated carbocycles. The van der Waals surface area contributed by atoms with E-state index in [4.69, 9.17) is 4.74 Å². The van der Waals surface area contributed by atoms with E-state index >= 15 is 0 Å². The lowest BCUT2D eigenvalue weighted by Crippen LogP contribution is -2.51. The lowest BCUT2D eigenvalue weighted by molar-refractivity contribution is -0.139. The number of ether oxygens (including phenoxy) is 1. The number of benzene rings is 1. The van der Waals surface area contributed by atoms with Crippen LogP contribution in [0.3, 0.4) is 0 Å². The summed E-state index contributed by atoms with van der Waals surface area (Å²) in [5, 5.41) is 6.33. The molecule has 7 nitrogen and oxygen atoms in total. The normalized spacial score (nSPS) is 17.3. The van der Waals surface area contributed by atoms with Crippen molar-refractivity contribution < 1.29 is 18.3 Å². The number of piperazine rings is 1. The second kappa shape index (κ2) is 13.8. The highest BCUT2D eigenvalue weighted by Crippen LogP contribution is 2.28. The Labute approximate surface area is 206 Å². The average molecular weight is 565 g/mol. The number of nitrogens with one attached hydrogen (secondary N) is 2. The summed E-state index contributed by atoms with van der Waals surface area (Å²) in [6.07, 6.45) is 3.29. The number of hydrogen-bond acceptors (Lipinski definition) is 4. The standard InChI is InChI=1S/C22H33F2N5O2.HI/c1-2-25-22(27-9-15-31-20-7-6-18(23)16-19(20)24)26-8-10-28-11-13-29(14-12-28)21(30)17-4-3-5-17;/h6-7,16-17H,2-5,8-15H2,1H3,(H2,25,26,27);1H. The minimum Gasteiger partial charge on any atom is -0.489 e. The number of amides is 1. The van der Waals surface area contributed by atoms with Gasteiger partial charge < -0.3 is 20.3 Å². The number of rotatable bonds is 9. The van der Waals surface area contributed by atoms with E-state index in [1.54, 1.807) is 0 Å². The first-order chi connectivity index (χ1) is 15.1. The van der Waals surface area contributed by atoms with E-state index in [0.717, 1.165) is 58.2 Å². The van der Waals surface area contributed by atoms with Gasteiger partial charge in [-0.05, 0) is 31.9 Å². The summed E-state index contributed by atoms with van der Waals surface area (Å²) in [5.74, 6) is -0.0331. The highest BCUT2D eigenvalue weighted by molar-refractivity contribution is 14.0. The molecule has 0 radical (unpaired) electrons. The molecule has 1 amide bonds. The Morgan fingerprint density at radius 3 is 2.56 bits per heavy atom. The zero-order chi connectivity index (χ0) is 22.1. The molecule has 0 bridgehead atoms. The van der Waals surface area contributed by atoms with Crippen molar-refractivity contribution in [3.63, 3.8) is 0 Å². The lowest BCUT2D eigenvalue weighted by atomic mass is 9.84. The van der Waals surface area contributed by atoms with Crippen LogP contribution < -0.4 is 15.4 Å². The van der Waals surface area contributed by atoms with Crippen molar-refractivity contribution in [2.75, 3.05) is 59.0 Å². The summed E-state index contributed by atoms with van der Waals surface area (Å²) in [4.78, 5) is 21.3. The van der Waals surface area contributed by atoms with Gasteiger partial charge in [0.05, 0.1) is 13.1 Å². The molecule has 2 fully saturated rings. The van der Waals surface area contributed by atoms with E-state index in [0.29, 0.717) is 25.0 Å². The maximum absolute atomic E-state index is 13.6. The topological polar surface area (TPSA) is 69.2 Å². The van der Waals surface area contributed by atoms with Crippen LogP contribution in [0.1, 0.15) is 26.2 Å². The molecule has 0 unspecified atom stereocenters. The number of halogens is 3. The van der Waals surface area contributed by atoms with Crippen molar-refractivity contribution in [2.45, 2.75) is 26.2 Å². The van der Waals surface area contributed by atoms with Gasteiger partial charge in [0.15, 0.2) is 17.5 Å². The molecular weight excluding hydrogens is 531 g/mol. The van der Waals surface area contributed by atoms with Gasteiger partial charge in [-0.3, -0.25) is 14.7 Å². The van der Waals surface area contributed by atoms with Crippen molar-refractivity contribution in [1.82, 2.24) is 20.4 Å². The lowest BCUT2D eigenvalue weighted by Gasteiger charge is -2.38. The fourth-order valence-corrected chi connectivity index (χ4v) is 3.67. The smallest absolute Gasteiger partial charge is 0.225 e. The van der Waals surface area contributed by atoms with Crippen molar-refractivity contribution in [3.05, 3.63) is 29.8 Å². The van der Waals surface area contributed by atoms with Crippen LogP contribution in [0.15, 0.2) is 23.2 Å². The predicted molar refractivity (Wildman–Crippen MR) is 132 cm³/mol. The van der Waals surface area contributed by atoms with Gasteiger partial charge in [-0.1, -0.05) is 6.42 Å². The zero-order valence-electron chi connectivity index (χ0n) is 18.6. The van der Waals surface area contributed by atoms with Gasteiger partial charge in [-0.2, -0.15) is 0 Å². The molecule has 2 aliphatic rings. The fraction of sp³-hybridized carbons (Fsp3) is 0.636. The summed E-state index contributed by atoms with van der Waals surface area (Å²) in [7, 11) is 0. The fourth-order valence-electron chi connectivity index (χ4n) is 3.67. The quantitative estimate of drug-likeness (QED) is 0.209. The molecule has 1 aliphatic heterocycles. The van der Waals surface area contributed by atoms with Crippen LogP contribution in [0.25, 0.3) is 0 Å². The van der Waals surface area contributed by atoms with Gasteiger partial charge in [0.25, 0.3) is 0 Å². The van der Waals surface area contributed by atoms with Gasteiger partial charge in [-0.15, -0.1) is 24.0 Å². The molecule has 10 heteroatoms. The molecule has 0 spiro atoms. The third kappa shape index (κ3) is 8.02. The molecule has 2 N–H and O–H groups in total. The van der Waals surface area contributed by atoms with Crippen LogP contribution >= 0.6 is 24.0 Å². The number of aliphatic imine (C=N–C) groups is 1. The van der Waals surface area contributed by atoms with E-state index in [9.17, 15) is 13.6 Å². The van der Waals surface area contributed by atoms with Crippen LogP contribution in [0.2, 0.25) is 0 Å². The number of nitrogens with zero attached hydrogens (tertiary/aromatic N) is 3. The van der Waals surface area contributed by atoms with Crippen LogP contribution in [0, 0.1) is 17.6 Å². The van der Waals surface area contributed by atoms with Crippen LogP contribution in [-0.2, 0) is 4.79 Å². The predicted octanol–water partition coefficient (Wildman–Crippen LogP) is 2.46. The summed E-state index contributed by atoms with van der Waals surface area (Å²) < 4.78 is 31.9. The summed E-state index contributed by atoms with van der Waals surface area (Å²) in [5.41, 5.74) is 0. The van der Waals surface area contributed by atoms with E-state index in [1.165, 1.54) is 18.6 Å². The Morgan fingerprint density at radius 1 is 1.19 bits per heavy atom. The number of carbonyl (C=O) groups is 1. The largest absolute Gasteiger partial charge is 0.489 e. The second-order valence-electron chi connectivity index (χ2n) is 7.91. The SMILES string of the molecule is CCNC(=NCCN1CCN(C(=O)C2CCC2)CC1)NCCOc1ccc(F)cc1F.I. The molecule has 1 aliphatic carbocycles. The van der Waals surface area contributed by atoms with E-state index < -0.39 is 11.6 Å². The summed E-state index contributed by atoms with van der Waals surface area (Å²) >= 11 is 0. The number of hydrogen-bond donors (Lipinski definition) is 2. The third-order valence-corrected chi connectivity index (χ3v) is 5.71. The Kier molecular flexibility index (Phi) is 11.4. The van der Waals surface area contributed by atoms with E-state index in [1.807, 2.05) is 11.8 Å². The second-order valence-corrected chi connectivity index (χ2v) is 7.91. The maximum Gasteiger partial charge on any atom is 0.225 e. The Bertz CT molecular complexity index is 756. The highest BCUT2D eigenvalue weighted by atomic mass is 127. The molecule has 32 heavy (non-hydrogen) atoms. The summed E-state index contributed by atoms with van der Waals surface area (Å²) in [6, 6.07) is 3.25. The summed E-state index contributed by atoms with van der Waals surface area (Å²) in [6.45, 7) is 8.21. The molecule has 3 rings (SSSR count). The van der Waals surface area contributed by atoms with Crippen molar-refractivity contribution in [3.8, 4) is 5.75 Å². The minimum atomic E-state index is -0.713. The number of carbonyl (C=O) groups excluding carboxylic acids is 1. The van der Waals surface area contributed by atoms with Crippen LogP contribution in [0.5, 0.6) is 5.75 Å². The van der Waals surface area contributed by atoms with Crippen LogP contribution in [0.4, 0.5) is 8.78 Å². The van der Waals surface area contributed by atoms with E-state index in [2.05, 4.69) is 20.5 Å². The van der Waals surface area contributed by atoms with Crippen molar-refractivity contribution >= 4 is 35.8 Å². The Balaban J connectivity index is 0.00000363. The molecule has 0 aromatic heterocycles. The van der Waals surface area contributed by atoms with Crippen molar-refractivity contribution in [1.29, 1.82) is 0 Å². The average Bonchev–Trinajstić information content (AvgIpc) is 2.71. The third-order valence-electron chi connectivity index (χ3n) is 5.71. The van der Waals surface area contributed by atoms with Gasteiger partial charge in [0.1, 0.15) is 12.4 Å². The van der Waals surface area contributed by atoms with Crippen molar-refractivity contribution in [2.24, 2.45) is 10.9 Å². The molecular formula is C22H34F2IN5O2. The first-order valence-corrected chi connectivity index (χ1v) is 11.2. The first-order valence-electron chi connectivity index (χ1n) is 11.2. The van der Waals surface area contributed by atoms with Gasteiger partial charge in [0, 0.05) is 51.3 Å². The highest BCUT2D eigenvalue weighted by Gasteiger charge is 2.30. The van der Waals surface area contributed by atoms with Gasteiger partial charge in [-0.25, -0.2) is 8.78 Å². The van der Waals surface area contributed by atoms with Gasteiger partial charge >= 0.3 is 0 Å². The molecule has 1 heterocycles. The molecule has 1 aromatic rings. The van der Waals surface area contributed by atoms with Gasteiger partial charge in [0.2, 0.25) is 5.91 Å². The Morgan fingerprint density at radius 2 is 1.94 bits per heavy atom. The van der Waals surface area contributed by atoms with Crippen LogP contribution in [-0.4, -0.2) is 80.6 Å².